The van der Waals surface area contributed by atoms with Gasteiger partial charge in [0.2, 0.25) is 5.79 Å². The fourth-order valence-corrected chi connectivity index (χ4v) is 3.14. The lowest BCUT2D eigenvalue weighted by molar-refractivity contribution is -0.186. The molecule has 126 valence electrons. The van der Waals surface area contributed by atoms with Crippen molar-refractivity contribution >= 4 is 29.5 Å². The molecule has 1 fully saturated rings. The lowest BCUT2D eigenvalue weighted by Crippen LogP contribution is -2.39. The number of ether oxygens (including phenoxy) is 2. The number of hydrazone groups is 1. The molecule has 0 aromatic heterocycles. The van der Waals surface area contributed by atoms with E-state index in [-0.39, 0.29) is 12.6 Å². The zero-order valence-corrected chi connectivity index (χ0v) is 14.6. The predicted molar refractivity (Wildman–Crippen MR) is 93.5 cm³/mol. The Morgan fingerprint density at radius 1 is 1.52 bits per heavy atom. The predicted octanol–water partition coefficient (Wildman–Crippen LogP) is 3.71. The molecular weight excluding hydrogens is 337 g/mol. The van der Waals surface area contributed by atoms with Gasteiger partial charge < -0.3 is 15.2 Å². The lowest BCUT2D eigenvalue weighted by atomic mass is 10.1. The third kappa shape index (κ3) is 4.18. The molecule has 0 bridgehead atoms. The average Bonchev–Trinajstić information content (AvgIpc) is 2.91. The summed E-state index contributed by atoms with van der Waals surface area (Å²) in [7, 11) is 0. The highest BCUT2D eigenvalue weighted by atomic mass is 35.5. The summed E-state index contributed by atoms with van der Waals surface area (Å²) in [6, 6.07) is 5.24. The van der Waals surface area contributed by atoms with Crippen LogP contribution in [0.1, 0.15) is 25.3 Å². The van der Waals surface area contributed by atoms with Crippen LogP contribution in [0.4, 0.5) is 0 Å². The quantitative estimate of drug-likeness (QED) is 0.459. The number of hydrogen-bond acceptors (Lipinski definition) is 4. The molecule has 0 saturated carbocycles. The van der Waals surface area contributed by atoms with Gasteiger partial charge in [-0.1, -0.05) is 49.2 Å². The summed E-state index contributed by atoms with van der Waals surface area (Å²) >= 11 is 12.4. The van der Waals surface area contributed by atoms with E-state index in [2.05, 4.69) is 18.6 Å². The minimum Gasteiger partial charge on any atom is -0.388 e. The van der Waals surface area contributed by atoms with Crippen molar-refractivity contribution in [2.24, 2.45) is 10.8 Å². The zero-order valence-electron chi connectivity index (χ0n) is 13.0. The Hall–Kier alpha value is -1.27. The average molecular weight is 358 g/mol. The molecule has 0 radical (unpaired) electrons. The highest BCUT2D eigenvalue weighted by Gasteiger charge is 2.45. The van der Waals surface area contributed by atoms with Crippen molar-refractivity contribution < 1.29 is 9.47 Å². The largest absolute Gasteiger partial charge is 0.388 e. The van der Waals surface area contributed by atoms with E-state index in [0.717, 1.165) is 12.8 Å². The van der Waals surface area contributed by atoms with Gasteiger partial charge in [-0.3, -0.25) is 5.01 Å². The van der Waals surface area contributed by atoms with Gasteiger partial charge in [0.15, 0.2) is 0 Å². The Balaban J connectivity index is 2.37. The van der Waals surface area contributed by atoms with E-state index in [4.69, 9.17) is 38.4 Å². The van der Waals surface area contributed by atoms with Gasteiger partial charge in [-0.15, -0.1) is 0 Å². The van der Waals surface area contributed by atoms with E-state index in [1.165, 1.54) is 6.34 Å². The van der Waals surface area contributed by atoms with Crippen molar-refractivity contribution in [1.82, 2.24) is 5.01 Å². The highest BCUT2D eigenvalue weighted by Crippen LogP contribution is 2.40. The van der Waals surface area contributed by atoms with Gasteiger partial charge >= 0.3 is 0 Å². The van der Waals surface area contributed by atoms with Crippen LogP contribution in [0.5, 0.6) is 0 Å². The summed E-state index contributed by atoms with van der Waals surface area (Å²) in [5, 5.41) is 6.62. The number of nitrogens with zero attached hydrogens (tertiary/aromatic N) is 2. The topological polar surface area (TPSA) is 60.1 Å². The van der Waals surface area contributed by atoms with Gasteiger partial charge in [0.1, 0.15) is 6.34 Å². The number of nitrogens with two attached hydrogens (primary N) is 1. The summed E-state index contributed by atoms with van der Waals surface area (Å²) in [5.74, 6) is -1.04. The third-order valence-electron chi connectivity index (χ3n) is 3.61. The van der Waals surface area contributed by atoms with Gasteiger partial charge in [-0.05, 0) is 18.6 Å². The Morgan fingerprint density at radius 3 is 2.91 bits per heavy atom. The van der Waals surface area contributed by atoms with Crippen LogP contribution in [0.3, 0.4) is 0 Å². The first-order chi connectivity index (χ1) is 11.0. The minimum atomic E-state index is -1.04. The number of hydrogen-bond donors (Lipinski definition) is 1. The van der Waals surface area contributed by atoms with Crippen LogP contribution < -0.4 is 5.73 Å². The molecule has 0 amide bonds. The first-order valence-corrected chi connectivity index (χ1v) is 8.21. The molecule has 1 heterocycles. The maximum absolute atomic E-state index is 6.38. The van der Waals surface area contributed by atoms with Crippen molar-refractivity contribution in [2.75, 3.05) is 13.2 Å². The molecule has 1 aliphatic rings. The fourth-order valence-electron chi connectivity index (χ4n) is 2.59. The Bertz CT molecular complexity index is 582. The van der Waals surface area contributed by atoms with Crippen LogP contribution in [0, 0.1) is 0 Å². The van der Waals surface area contributed by atoms with Crippen molar-refractivity contribution in [1.29, 1.82) is 0 Å². The van der Waals surface area contributed by atoms with Gasteiger partial charge in [0.25, 0.3) is 0 Å². The summed E-state index contributed by atoms with van der Waals surface area (Å²) in [6.45, 7) is 6.61. The molecule has 2 atom stereocenters. The maximum atomic E-state index is 6.38. The van der Waals surface area contributed by atoms with Crippen LogP contribution in [0.25, 0.3) is 0 Å². The van der Waals surface area contributed by atoms with Gasteiger partial charge in [0, 0.05) is 16.8 Å². The Kier molecular flexibility index (Phi) is 6.30. The molecule has 23 heavy (non-hydrogen) atoms. The van der Waals surface area contributed by atoms with Crippen molar-refractivity contribution in [3.8, 4) is 0 Å². The highest BCUT2D eigenvalue weighted by molar-refractivity contribution is 6.35. The number of halogens is 2. The van der Waals surface area contributed by atoms with Crippen molar-refractivity contribution in [3.05, 3.63) is 46.6 Å². The molecule has 1 aliphatic heterocycles. The second kappa shape index (κ2) is 8.02. The van der Waals surface area contributed by atoms with E-state index in [1.54, 1.807) is 23.3 Å². The van der Waals surface area contributed by atoms with Crippen molar-refractivity contribution in [3.63, 3.8) is 0 Å². The molecular formula is C16H21Cl2N3O2. The second-order valence-corrected chi connectivity index (χ2v) is 6.10. The number of rotatable bonds is 7. The SMILES string of the molecule is C=CN(CC1(c2ccc(Cl)cc2Cl)OCC(CCC)O1)/N=C\N. The van der Waals surface area contributed by atoms with E-state index in [0.29, 0.717) is 22.2 Å². The standard InChI is InChI=1S/C16H21Cl2N3O2/c1-3-5-13-9-22-16(23-13,10-21(4-2)20-11-19)14-7-6-12(17)8-15(14)18/h4,6-8,11,13H,2-3,5,9-10H2,1H3,(H2,19,20). The second-order valence-electron chi connectivity index (χ2n) is 5.26. The number of benzene rings is 1. The summed E-state index contributed by atoms with van der Waals surface area (Å²) in [6.07, 6.45) is 4.65. The maximum Gasteiger partial charge on any atom is 0.217 e. The first-order valence-electron chi connectivity index (χ1n) is 7.45. The van der Waals surface area contributed by atoms with Crippen LogP contribution in [0.15, 0.2) is 36.1 Å². The molecule has 2 rings (SSSR count). The zero-order chi connectivity index (χ0) is 16.9. The summed E-state index contributed by atoms with van der Waals surface area (Å²) in [5.41, 5.74) is 6.09. The molecule has 1 aromatic carbocycles. The molecule has 2 N–H and O–H groups in total. The Labute approximate surface area is 146 Å². The molecule has 5 nitrogen and oxygen atoms in total. The molecule has 0 spiro atoms. The Morgan fingerprint density at radius 2 is 2.30 bits per heavy atom. The van der Waals surface area contributed by atoms with E-state index < -0.39 is 5.79 Å². The van der Waals surface area contributed by atoms with E-state index >= 15 is 0 Å². The van der Waals surface area contributed by atoms with E-state index in [9.17, 15) is 0 Å². The van der Waals surface area contributed by atoms with Crippen LogP contribution in [0.2, 0.25) is 10.0 Å². The molecule has 7 heteroatoms. The van der Waals surface area contributed by atoms with Gasteiger partial charge in [-0.25, -0.2) is 0 Å². The van der Waals surface area contributed by atoms with Crippen molar-refractivity contribution in [2.45, 2.75) is 31.7 Å². The molecule has 2 unspecified atom stereocenters. The molecule has 1 saturated heterocycles. The smallest absolute Gasteiger partial charge is 0.217 e. The molecule has 1 aromatic rings. The van der Waals surface area contributed by atoms with Crippen LogP contribution in [-0.2, 0) is 15.3 Å². The third-order valence-corrected chi connectivity index (χ3v) is 4.16. The summed E-state index contributed by atoms with van der Waals surface area (Å²) in [4.78, 5) is 0. The fraction of sp³-hybridized carbons (Fsp3) is 0.438. The monoisotopic (exact) mass is 357 g/mol. The normalized spacial score (nSPS) is 24.2. The lowest BCUT2D eigenvalue weighted by Gasteiger charge is -2.32. The van der Waals surface area contributed by atoms with E-state index in [1.807, 2.05) is 6.07 Å². The van der Waals surface area contributed by atoms with Crippen LogP contribution in [-0.4, -0.2) is 30.6 Å². The molecule has 0 aliphatic carbocycles. The minimum absolute atomic E-state index is 0.000246. The van der Waals surface area contributed by atoms with Gasteiger partial charge in [0.05, 0.1) is 24.3 Å². The van der Waals surface area contributed by atoms with Crippen LogP contribution >= 0.6 is 23.2 Å². The first kappa shape index (κ1) is 18.1. The van der Waals surface area contributed by atoms with Gasteiger partial charge in [-0.2, -0.15) is 5.10 Å². The summed E-state index contributed by atoms with van der Waals surface area (Å²) < 4.78 is 12.3.